The van der Waals surface area contributed by atoms with E-state index in [4.69, 9.17) is 4.42 Å². The van der Waals surface area contributed by atoms with Crippen molar-refractivity contribution in [3.8, 4) is 0 Å². The van der Waals surface area contributed by atoms with Crippen LogP contribution in [0.15, 0.2) is 39.7 Å². The Morgan fingerprint density at radius 3 is 2.58 bits per heavy atom. The van der Waals surface area contributed by atoms with Crippen LogP contribution in [0.3, 0.4) is 0 Å². The molecule has 0 radical (unpaired) electrons. The zero-order chi connectivity index (χ0) is 18.9. The Balaban J connectivity index is 1.70. The Morgan fingerprint density at radius 1 is 1.23 bits per heavy atom. The van der Waals surface area contributed by atoms with Gasteiger partial charge in [0.2, 0.25) is 5.89 Å². The summed E-state index contributed by atoms with van der Waals surface area (Å²) in [5.74, 6) is 2.30. The largest absolute Gasteiger partial charge is 0.444 e. The summed E-state index contributed by atoms with van der Waals surface area (Å²) in [4.78, 5) is 11.0. The van der Waals surface area contributed by atoms with Gasteiger partial charge in [-0.1, -0.05) is 30.3 Å². The SMILES string of the molecule is CN=C(NCCC(C)N(C)Cc1ccccc1)NCc1nc(C)c(C)o1. The summed E-state index contributed by atoms with van der Waals surface area (Å²) in [5.41, 5.74) is 2.27. The predicted octanol–water partition coefficient (Wildman–Crippen LogP) is 2.87. The van der Waals surface area contributed by atoms with Crippen molar-refractivity contribution in [1.29, 1.82) is 0 Å². The molecular weight excluding hydrogens is 326 g/mol. The first-order valence-electron chi connectivity index (χ1n) is 9.11. The normalized spacial score (nSPS) is 13.1. The highest BCUT2D eigenvalue weighted by Crippen LogP contribution is 2.08. The molecule has 0 fully saturated rings. The van der Waals surface area contributed by atoms with E-state index in [0.717, 1.165) is 36.9 Å². The van der Waals surface area contributed by atoms with E-state index in [1.54, 1.807) is 7.05 Å². The van der Waals surface area contributed by atoms with Crippen LogP contribution in [0.4, 0.5) is 0 Å². The molecule has 1 heterocycles. The van der Waals surface area contributed by atoms with Crippen LogP contribution in [-0.4, -0.2) is 42.5 Å². The zero-order valence-electron chi connectivity index (χ0n) is 16.5. The molecule has 6 nitrogen and oxygen atoms in total. The Labute approximate surface area is 156 Å². The number of oxazole rings is 1. The van der Waals surface area contributed by atoms with Gasteiger partial charge >= 0.3 is 0 Å². The molecular formula is C20H31N5O. The maximum Gasteiger partial charge on any atom is 0.214 e. The molecule has 2 aromatic rings. The number of benzene rings is 1. The van der Waals surface area contributed by atoms with Gasteiger partial charge in [-0.15, -0.1) is 0 Å². The summed E-state index contributed by atoms with van der Waals surface area (Å²) in [6.07, 6.45) is 1.03. The summed E-state index contributed by atoms with van der Waals surface area (Å²) < 4.78 is 5.58. The lowest BCUT2D eigenvalue weighted by atomic mass is 10.1. The minimum atomic E-state index is 0.470. The third-order valence-electron chi connectivity index (χ3n) is 4.59. The van der Waals surface area contributed by atoms with E-state index in [2.05, 4.69) is 69.8 Å². The topological polar surface area (TPSA) is 65.7 Å². The third-order valence-corrected chi connectivity index (χ3v) is 4.59. The van der Waals surface area contributed by atoms with Crippen LogP contribution in [0.2, 0.25) is 0 Å². The molecule has 0 aliphatic carbocycles. The number of aliphatic imine (C=N–C) groups is 1. The lowest BCUT2D eigenvalue weighted by Gasteiger charge is -2.25. The second-order valence-corrected chi connectivity index (χ2v) is 6.64. The average Bonchev–Trinajstić information content (AvgIpc) is 2.96. The maximum absolute atomic E-state index is 5.58. The van der Waals surface area contributed by atoms with Crippen LogP contribution in [-0.2, 0) is 13.1 Å². The van der Waals surface area contributed by atoms with Crippen molar-refractivity contribution in [2.45, 2.75) is 46.3 Å². The maximum atomic E-state index is 5.58. The van der Waals surface area contributed by atoms with E-state index in [9.17, 15) is 0 Å². The van der Waals surface area contributed by atoms with Crippen molar-refractivity contribution in [2.24, 2.45) is 4.99 Å². The predicted molar refractivity (Wildman–Crippen MR) is 106 cm³/mol. The summed E-state index contributed by atoms with van der Waals surface area (Å²) in [6.45, 7) is 8.45. The Kier molecular flexibility index (Phi) is 7.66. The smallest absolute Gasteiger partial charge is 0.214 e. The lowest BCUT2D eigenvalue weighted by molar-refractivity contribution is 0.238. The van der Waals surface area contributed by atoms with Gasteiger partial charge in [-0.25, -0.2) is 4.98 Å². The second kappa shape index (κ2) is 9.97. The first kappa shape index (κ1) is 20.0. The lowest BCUT2D eigenvalue weighted by Crippen LogP contribution is -2.39. The van der Waals surface area contributed by atoms with Crippen LogP contribution in [0.1, 0.15) is 36.3 Å². The summed E-state index contributed by atoms with van der Waals surface area (Å²) in [5, 5.41) is 6.59. The van der Waals surface area contributed by atoms with Crippen molar-refractivity contribution in [3.05, 3.63) is 53.2 Å². The zero-order valence-corrected chi connectivity index (χ0v) is 16.5. The summed E-state index contributed by atoms with van der Waals surface area (Å²) in [7, 11) is 3.93. The van der Waals surface area contributed by atoms with Gasteiger partial charge in [0.05, 0.1) is 12.2 Å². The molecule has 1 aromatic carbocycles. The van der Waals surface area contributed by atoms with Crippen LogP contribution in [0.5, 0.6) is 0 Å². The van der Waals surface area contributed by atoms with Crippen molar-refractivity contribution >= 4 is 5.96 Å². The van der Waals surface area contributed by atoms with E-state index in [1.165, 1.54) is 5.56 Å². The Bertz CT molecular complexity index is 676. The van der Waals surface area contributed by atoms with Gasteiger partial charge in [0.15, 0.2) is 5.96 Å². The summed E-state index contributed by atoms with van der Waals surface area (Å²) in [6, 6.07) is 11.0. The van der Waals surface area contributed by atoms with Gasteiger partial charge in [0, 0.05) is 26.2 Å². The third kappa shape index (κ3) is 6.19. The highest BCUT2D eigenvalue weighted by Gasteiger charge is 2.10. The van der Waals surface area contributed by atoms with E-state index in [-0.39, 0.29) is 0 Å². The fraction of sp³-hybridized carbons (Fsp3) is 0.500. The van der Waals surface area contributed by atoms with Crippen LogP contribution in [0.25, 0.3) is 0 Å². The van der Waals surface area contributed by atoms with Crippen molar-refractivity contribution in [3.63, 3.8) is 0 Å². The number of aryl methyl sites for hydroxylation is 2. The molecule has 0 bridgehead atoms. The van der Waals surface area contributed by atoms with Gasteiger partial charge in [-0.2, -0.15) is 0 Å². The van der Waals surface area contributed by atoms with Gasteiger partial charge in [0.25, 0.3) is 0 Å². The number of nitrogens with one attached hydrogen (secondary N) is 2. The molecule has 26 heavy (non-hydrogen) atoms. The molecule has 0 aliphatic heterocycles. The fourth-order valence-electron chi connectivity index (χ4n) is 2.64. The molecule has 142 valence electrons. The Hall–Kier alpha value is -2.34. The monoisotopic (exact) mass is 357 g/mol. The highest BCUT2D eigenvalue weighted by molar-refractivity contribution is 5.79. The molecule has 0 amide bonds. The molecule has 0 spiro atoms. The molecule has 2 rings (SSSR count). The number of aromatic nitrogens is 1. The van der Waals surface area contributed by atoms with Gasteiger partial charge in [-0.3, -0.25) is 9.89 Å². The fourth-order valence-corrected chi connectivity index (χ4v) is 2.64. The minimum Gasteiger partial charge on any atom is -0.444 e. The highest BCUT2D eigenvalue weighted by atomic mass is 16.4. The molecule has 0 saturated carbocycles. The van der Waals surface area contributed by atoms with Crippen molar-refractivity contribution in [2.75, 3.05) is 20.6 Å². The molecule has 1 unspecified atom stereocenters. The van der Waals surface area contributed by atoms with Crippen molar-refractivity contribution in [1.82, 2.24) is 20.5 Å². The van der Waals surface area contributed by atoms with Gasteiger partial charge in [0.1, 0.15) is 5.76 Å². The van der Waals surface area contributed by atoms with E-state index in [1.807, 2.05) is 13.8 Å². The van der Waals surface area contributed by atoms with Crippen LogP contribution >= 0.6 is 0 Å². The quantitative estimate of drug-likeness (QED) is 0.562. The first-order valence-corrected chi connectivity index (χ1v) is 9.11. The number of nitrogens with zero attached hydrogens (tertiary/aromatic N) is 3. The number of hydrogen-bond acceptors (Lipinski definition) is 4. The molecule has 2 N–H and O–H groups in total. The van der Waals surface area contributed by atoms with E-state index in [0.29, 0.717) is 18.5 Å². The van der Waals surface area contributed by atoms with E-state index < -0.39 is 0 Å². The molecule has 1 aromatic heterocycles. The molecule has 1 atom stereocenters. The first-order chi connectivity index (χ1) is 12.5. The Morgan fingerprint density at radius 2 is 1.96 bits per heavy atom. The standard InChI is InChI=1S/C20H31N5O/c1-15(25(5)14-18-9-7-6-8-10-18)11-12-22-20(21-4)23-13-19-24-16(2)17(3)26-19/h6-10,15H,11-14H2,1-5H3,(H2,21,22,23). The summed E-state index contributed by atoms with van der Waals surface area (Å²) >= 11 is 0. The van der Waals surface area contributed by atoms with Crippen LogP contribution in [0, 0.1) is 13.8 Å². The second-order valence-electron chi connectivity index (χ2n) is 6.64. The minimum absolute atomic E-state index is 0.470. The number of guanidine groups is 1. The van der Waals surface area contributed by atoms with Gasteiger partial charge in [-0.05, 0) is 39.8 Å². The average molecular weight is 358 g/mol. The molecule has 6 heteroatoms. The molecule has 0 aliphatic rings. The van der Waals surface area contributed by atoms with E-state index >= 15 is 0 Å². The molecule has 0 saturated heterocycles. The van der Waals surface area contributed by atoms with Crippen molar-refractivity contribution < 1.29 is 4.42 Å². The van der Waals surface area contributed by atoms with Gasteiger partial charge < -0.3 is 15.1 Å². The number of hydrogen-bond donors (Lipinski definition) is 2. The van der Waals surface area contributed by atoms with Crippen LogP contribution < -0.4 is 10.6 Å². The number of rotatable bonds is 8.